The van der Waals surface area contributed by atoms with E-state index in [0.717, 1.165) is 5.56 Å². The molecular weight excluding hydrogens is 266 g/mol. The zero-order chi connectivity index (χ0) is 14.5. The van der Waals surface area contributed by atoms with Gasteiger partial charge in [0.2, 0.25) is 15.9 Å². The Morgan fingerprint density at radius 1 is 1.37 bits per heavy atom. The zero-order valence-electron chi connectivity index (χ0n) is 11.1. The van der Waals surface area contributed by atoms with Crippen molar-refractivity contribution in [3.05, 3.63) is 35.4 Å². The molecule has 0 atom stereocenters. The third kappa shape index (κ3) is 4.98. The Balaban J connectivity index is 2.46. The monoisotopic (exact) mass is 285 g/mol. The highest BCUT2D eigenvalue weighted by molar-refractivity contribution is 7.89. The molecule has 1 amide bonds. The van der Waals surface area contributed by atoms with Gasteiger partial charge in [0.05, 0.1) is 5.75 Å². The summed E-state index contributed by atoms with van der Waals surface area (Å²) in [4.78, 5) is 11.0. The predicted molar refractivity (Wildman–Crippen MR) is 74.1 cm³/mol. The largest absolute Gasteiger partial charge is 0.366 e. The van der Waals surface area contributed by atoms with Crippen molar-refractivity contribution < 1.29 is 13.2 Å². The lowest BCUT2D eigenvalue weighted by atomic mass is 10.1. The Labute approximate surface area is 113 Å². The highest BCUT2D eigenvalue weighted by atomic mass is 32.2. The molecule has 1 aromatic rings. The molecular formula is C12H19N3O3S. The molecule has 0 heterocycles. The number of amides is 1. The van der Waals surface area contributed by atoms with E-state index < -0.39 is 15.9 Å². The van der Waals surface area contributed by atoms with Crippen molar-refractivity contribution in [1.29, 1.82) is 0 Å². The minimum atomic E-state index is -3.18. The summed E-state index contributed by atoms with van der Waals surface area (Å²) in [7, 11) is -0.166. The number of nitrogens with zero attached hydrogens (tertiary/aromatic N) is 1. The van der Waals surface area contributed by atoms with E-state index in [-0.39, 0.29) is 5.75 Å². The van der Waals surface area contributed by atoms with Crippen LogP contribution < -0.4 is 11.1 Å². The first-order chi connectivity index (χ1) is 8.83. The summed E-state index contributed by atoms with van der Waals surface area (Å²) in [5.41, 5.74) is 6.52. The topological polar surface area (TPSA) is 92.5 Å². The number of hydrogen-bond donors (Lipinski definition) is 2. The predicted octanol–water partition coefficient (Wildman–Crippen LogP) is -0.233. The van der Waals surface area contributed by atoms with Gasteiger partial charge < -0.3 is 11.1 Å². The van der Waals surface area contributed by atoms with Crippen LogP contribution >= 0.6 is 0 Å². The molecule has 0 saturated heterocycles. The van der Waals surface area contributed by atoms with Crippen LogP contribution in [0.15, 0.2) is 24.3 Å². The maximum atomic E-state index is 11.5. The maximum absolute atomic E-state index is 11.5. The third-order valence-corrected chi connectivity index (χ3v) is 4.47. The second-order valence-electron chi connectivity index (χ2n) is 4.34. The molecule has 0 unspecified atom stereocenters. The molecule has 0 aromatic heterocycles. The van der Waals surface area contributed by atoms with Crippen molar-refractivity contribution in [3.8, 4) is 0 Å². The van der Waals surface area contributed by atoms with E-state index in [1.807, 2.05) is 6.07 Å². The summed E-state index contributed by atoms with van der Waals surface area (Å²) >= 11 is 0. The van der Waals surface area contributed by atoms with Gasteiger partial charge in [-0.25, -0.2) is 12.7 Å². The molecule has 19 heavy (non-hydrogen) atoms. The molecule has 3 N–H and O–H groups in total. The number of nitrogens with one attached hydrogen (secondary N) is 1. The van der Waals surface area contributed by atoms with Crippen LogP contribution in [0.3, 0.4) is 0 Å². The molecule has 0 spiro atoms. The van der Waals surface area contributed by atoms with Crippen molar-refractivity contribution >= 4 is 15.9 Å². The molecule has 0 saturated carbocycles. The van der Waals surface area contributed by atoms with E-state index in [0.29, 0.717) is 18.7 Å². The van der Waals surface area contributed by atoms with Crippen LogP contribution in [-0.2, 0) is 16.6 Å². The molecule has 0 radical (unpaired) electrons. The summed E-state index contributed by atoms with van der Waals surface area (Å²) in [6.07, 6.45) is 0. The van der Waals surface area contributed by atoms with Crippen LogP contribution in [-0.4, -0.2) is 45.0 Å². The van der Waals surface area contributed by atoms with Crippen molar-refractivity contribution in [2.45, 2.75) is 6.54 Å². The molecule has 1 rings (SSSR count). The fraction of sp³-hybridized carbons (Fsp3) is 0.417. The minimum Gasteiger partial charge on any atom is -0.366 e. The van der Waals surface area contributed by atoms with Crippen molar-refractivity contribution in [1.82, 2.24) is 9.62 Å². The highest BCUT2D eigenvalue weighted by Crippen LogP contribution is 2.04. The number of nitrogens with two attached hydrogens (primary N) is 1. The number of carbonyl (C=O) groups is 1. The summed E-state index contributed by atoms with van der Waals surface area (Å²) < 4.78 is 24.2. The van der Waals surface area contributed by atoms with Gasteiger partial charge in [0.15, 0.2) is 0 Å². The van der Waals surface area contributed by atoms with Gasteiger partial charge in [0, 0.05) is 32.7 Å². The molecule has 0 aliphatic heterocycles. The van der Waals surface area contributed by atoms with Crippen LogP contribution in [0.5, 0.6) is 0 Å². The summed E-state index contributed by atoms with van der Waals surface area (Å²) in [5.74, 6) is -0.438. The molecule has 1 aromatic carbocycles. The van der Waals surface area contributed by atoms with Gasteiger partial charge in [-0.3, -0.25) is 4.79 Å². The standard InChI is InChI=1S/C12H19N3O3S/c1-15(2)19(17,18)7-6-14-9-10-4-3-5-11(8-10)12(13)16/h3-5,8,14H,6-7,9H2,1-2H3,(H2,13,16). The first-order valence-corrected chi connectivity index (χ1v) is 7.43. The zero-order valence-corrected chi connectivity index (χ0v) is 11.9. The van der Waals surface area contributed by atoms with Gasteiger partial charge >= 0.3 is 0 Å². The van der Waals surface area contributed by atoms with E-state index in [4.69, 9.17) is 5.73 Å². The number of benzene rings is 1. The van der Waals surface area contributed by atoms with Crippen LogP contribution in [0.2, 0.25) is 0 Å². The first-order valence-electron chi connectivity index (χ1n) is 5.82. The van der Waals surface area contributed by atoms with Gasteiger partial charge in [0.1, 0.15) is 0 Å². The Kier molecular flexibility index (Phi) is 5.46. The lowest BCUT2D eigenvalue weighted by molar-refractivity contribution is 0.1000. The Morgan fingerprint density at radius 2 is 2.05 bits per heavy atom. The van der Waals surface area contributed by atoms with Crippen molar-refractivity contribution in [2.75, 3.05) is 26.4 Å². The first kappa shape index (κ1) is 15.6. The number of primary amides is 1. The maximum Gasteiger partial charge on any atom is 0.248 e. The normalized spacial score (nSPS) is 11.7. The fourth-order valence-corrected chi connectivity index (χ4v) is 2.22. The molecule has 0 aliphatic carbocycles. The summed E-state index contributed by atoms with van der Waals surface area (Å²) in [6, 6.07) is 6.92. The fourth-order valence-electron chi connectivity index (χ4n) is 1.45. The van der Waals surface area contributed by atoms with Crippen LogP contribution in [0.4, 0.5) is 0 Å². The third-order valence-electron chi connectivity index (χ3n) is 2.63. The van der Waals surface area contributed by atoms with E-state index in [1.165, 1.54) is 18.4 Å². The van der Waals surface area contributed by atoms with Gasteiger partial charge in [-0.2, -0.15) is 0 Å². The van der Waals surface area contributed by atoms with Gasteiger partial charge in [0.25, 0.3) is 0 Å². The van der Waals surface area contributed by atoms with E-state index in [1.54, 1.807) is 18.2 Å². The number of hydrogen-bond acceptors (Lipinski definition) is 4. The van der Waals surface area contributed by atoms with E-state index in [9.17, 15) is 13.2 Å². The number of rotatable bonds is 7. The van der Waals surface area contributed by atoms with Crippen molar-refractivity contribution in [3.63, 3.8) is 0 Å². The minimum absolute atomic E-state index is 0.0372. The lowest BCUT2D eigenvalue weighted by Crippen LogP contribution is -2.31. The second kappa shape index (κ2) is 6.65. The number of sulfonamides is 1. The lowest BCUT2D eigenvalue weighted by Gasteiger charge is -2.11. The van der Waals surface area contributed by atoms with Crippen LogP contribution in [0.25, 0.3) is 0 Å². The Hall–Kier alpha value is -1.44. The molecule has 0 aliphatic rings. The summed E-state index contributed by atoms with van der Waals surface area (Å²) in [6.45, 7) is 0.839. The molecule has 106 valence electrons. The molecule has 6 nitrogen and oxygen atoms in total. The number of carbonyl (C=O) groups excluding carboxylic acids is 1. The van der Waals surface area contributed by atoms with Gasteiger partial charge in [-0.15, -0.1) is 0 Å². The molecule has 0 fully saturated rings. The van der Waals surface area contributed by atoms with Gasteiger partial charge in [-0.1, -0.05) is 12.1 Å². The summed E-state index contributed by atoms with van der Waals surface area (Å²) in [5, 5.41) is 3.02. The molecule has 7 heteroatoms. The Morgan fingerprint density at radius 3 is 2.63 bits per heavy atom. The Bertz CT molecular complexity index is 541. The van der Waals surface area contributed by atoms with Crippen LogP contribution in [0.1, 0.15) is 15.9 Å². The van der Waals surface area contributed by atoms with Crippen molar-refractivity contribution in [2.24, 2.45) is 5.73 Å². The van der Waals surface area contributed by atoms with Crippen LogP contribution in [0, 0.1) is 0 Å². The average molecular weight is 285 g/mol. The second-order valence-corrected chi connectivity index (χ2v) is 6.64. The van der Waals surface area contributed by atoms with E-state index in [2.05, 4.69) is 5.32 Å². The SMILES string of the molecule is CN(C)S(=O)(=O)CCNCc1cccc(C(N)=O)c1. The average Bonchev–Trinajstić information content (AvgIpc) is 2.35. The quantitative estimate of drug-likeness (QED) is 0.677. The van der Waals surface area contributed by atoms with E-state index >= 15 is 0 Å². The molecule has 0 bridgehead atoms. The smallest absolute Gasteiger partial charge is 0.248 e. The van der Waals surface area contributed by atoms with Gasteiger partial charge in [-0.05, 0) is 17.7 Å². The highest BCUT2D eigenvalue weighted by Gasteiger charge is 2.12.